The van der Waals surface area contributed by atoms with Crippen molar-refractivity contribution in [3.63, 3.8) is 0 Å². The van der Waals surface area contributed by atoms with Crippen LogP contribution < -0.4 is 20.7 Å². The molecular formula is C31H31IN2O8. The highest BCUT2D eigenvalue weighted by atomic mass is 127. The van der Waals surface area contributed by atoms with E-state index in [9.17, 15) is 14.7 Å². The van der Waals surface area contributed by atoms with Gasteiger partial charge in [0.1, 0.15) is 35.4 Å². The summed E-state index contributed by atoms with van der Waals surface area (Å²) in [5, 5.41) is 11.3. The lowest BCUT2D eigenvalue weighted by Gasteiger charge is -2.37. The first kappa shape index (κ1) is 30.0. The molecule has 1 aliphatic rings. The topological polar surface area (TPSA) is 121 Å². The predicted molar refractivity (Wildman–Crippen MR) is 163 cm³/mol. The molecule has 4 aromatic rings. The molecule has 220 valence electrons. The summed E-state index contributed by atoms with van der Waals surface area (Å²) in [5.74, 6) is 1.38. The molecule has 1 aliphatic heterocycles. The summed E-state index contributed by atoms with van der Waals surface area (Å²) in [6.07, 6.45) is -2.53. The number of nitrogens with zero attached hydrogens (tertiary/aromatic N) is 1. The van der Waals surface area contributed by atoms with E-state index >= 15 is 0 Å². The van der Waals surface area contributed by atoms with E-state index in [4.69, 9.17) is 23.7 Å². The number of aromatic nitrogens is 2. The molecule has 0 aliphatic carbocycles. The number of H-pyrrole nitrogens is 1. The third-order valence-corrected chi connectivity index (χ3v) is 8.19. The molecule has 0 amide bonds. The van der Waals surface area contributed by atoms with Crippen molar-refractivity contribution in [2.24, 2.45) is 0 Å². The number of aliphatic hydroxyl groups is 1. The van der Waals surface area contributed by atoms with Crippen LogP contribution in [0.15, 0.2) is 94.6 Å². The lowest BCUT2D eigenvalue weighted by molar-refractivity contribution is -0.0967. The van der Waals surface area contributed by atoms with E-state index in [0.717, 1.165) is 16.7 Å². The molecule has 1 fully saturated rings. The SMILES string of the molecule is COc1ccc(C(OC[C@H]2O[C@@H](n3cc(I)c(=O)[nH]c3=O)[C@H](OC)[C@@H]2O)(c2ccccc2)c2ccc(OC)cc2)cc1. The van der Waals surface area contributed by atoms with E-state index in [1.807, 2.05) is 101 Å². The predicted octanol–water partition coefficient (Wildman–Crippen LogP) is 3.44. The minimum Gasteiger partial charge on any atom is -0.497 e. The zero-order chi connectivity index (χ0) is 29.9. The maximum Gasteiger partial charge on any atom is 0.330 e. The van der Waals surface area contributed by atoms with Crippen LogP contribution in [0.4, 0.5) is 0 Å². The van der Waals surface area contributed by atoms with Crippen molar-refractivity contribution >= 4 is 22.6 Å². The number of ether oxygens (including phenoxy) is 5. The minimum absolute atomic E-state index is 0.0698. The Morgan fingerprint density at radius 1 is 0.881 bits per heavy atom. The lowest BCUT2D eigenvalue weighted by atomic mass is 9.80. The second-order valence-electron chi connectivity index (χ2n) is 9.71. The number of hydrogen-bond donors (Lipinski definition) is 2. The van der Waals surface area contributed by atoms with E-state index in [0.29, 0.717) is 15.1 Å². The van der Waals surface area contributed by atoms with Gasteiger partial charge >= 0.3 is 5.69 Å². The Balaban J connectivity index is 1.57. The van der Waals surface area contributed by atoms with Gasteiger partial charge in [-0.15, -0.1) is 0 Å². The fraction of sp³-hybridized carbons (Fsp3) is 0.290. The summed E-state index contributed by atoms with van der Waals surface area (Å²) < 4.78 is 31.0. The van der Waals surface area contributed by atoms with E-state index in [2.05, 4.69) is 4.98 Å². The first-order valence-electron chi connectivity index (χ1n) is 13.2. The molecule has 2 N–H and O–H groups in total. The van der Waals surface area contributed by atoms with E-state index in [1.165, 1.54) is 17.9 Å². The van der Waals surface area contributed by atoms with Crippen molar-refractivity contribution in [3.8, 4) is 11.5 Å². The Bertz CT molecular complexity index is 1560. The Hall–Kier alpha value is -3.49. The molecule has 0 saturated carbocycles. The second kappa shape index (κ2) is 12.8. The van der Waals surface area contributed by atoms with Gasteiger partial charge in [-0.3, -0.25) is 14.3 Å². The van der Waals surface area contributed by atoms with Gasteiger partial charge in [-0.05, 0) is 63.5 Å². The minimum atomic E-state index is -1.14. The van der Waals surface area contributed by atoms with Gasteiger partial charge in [-0.2, -0.15) is 0 Å². The average molecular weight is 686 g/mol. The van der Waals surface area contributed by atoms with Gasteiger partial charge in [0, 0.05) is 13.3 Å². The number of aromatic amines is 1. The zero-order valence-electron chi connectivity index (χ0n) is 23.2. The fourth-order valence-corrected chi connectivity index (χ4v) is 5.70. The molecule has 0 unspecified atom stereocenters. The Morgan fingerprint density at radius 3 is 1.95 bits per heavy atom. The highest BCUT2D eigenvalue weighted by molar-refractivity contribution is 14.1. The third-order valence-electron chi connectivity index (χ3n) is 7.42. The molecule has 10 nitrogen and oxygen atoms in total. The van der Waals surface area contributed by atoms with Crippen LogP contribution in [-0.4, -0.2) is 60.9 Å². The van der Waals surface area contributed by atoms with Crippen molar-refractivity contribution < 1.29 is 28.8 Å². The van der Waals surface area contributed by atoms with E-state index in [1.54, 1.807) is 14.2 Å². The standard InChI is InChI=1S/C31H31IN2O8/c1-38-22-13-9-20(10-14-22)31(19-7-5-4-6-8-19,21-11-15-23(39-2)16-12-21)41-18-25-26(35)27(40-3)29(42-25)34-17-24(32)28(36)33-30(34)37/h4-17,25-27,29,35H,18H2,1-3H3,(H,33,36,37)/t25-,26-,27-,29-/m1/s1. The summed E-state index contributed by atoms with van der Waals surface area (Å²) in [7, 11) is 4.64. The second-order valence-corrected chi connectivity index (χ2v) is 10.9. The Labute approximate surface area is 255 Å². The summed E-state index contributed by atoms with van der Waals surface area (Å²) in [6.45, 7) is -0.0698. The van der Waals surface area contributed by atoms with Crippen molar-refractivity contribution in [2.45, 2.75) is 30.1 Å². The van der Waals surface area contributed by atoms with Gasteiger partial charge in [-0.1, -0.05) is 54.6 Å². The van der Waals surface area contributed by atoms with Crippen LogP contribution in [0.1, 0.15) is 22.9 Å². The van der Waals surface area contributed by atoms with Crippen molar-refractivity contribution in [1.82, 2.24) is 9.55 Å². The molecule has 5 rings (SSSR count). The maximum absolute atomic E-state index is 12.7. The summed E-state index contributed by atoms with van der Waals surface area (Å²) in [5.41, 5.74) is 0.177. The highest BCUT2D eigenvalue weighted by Gasteiger charge is 2.47. The van der Waals surface area contributed by atoms with Crippen LogP contribution in [-0.2, 0) is 19.8 Å². The van der Waals surface area contributed by atoms with E-state index < -0.39 is 41.4 Å². The number of benzene rings is 3. The first-order chi connectivity index (χ1) is 20.3. The molecule has 0 radical (unpaired) electrons. The molecule has 42 heavy (non-hydrogen) atoms. The number of hydrogen-bond acceptors (Lipinski definition) is 8. The van der Waals surface area contributed by atoms with Crippen LogP contribution >= 0.6 is 22.6 Å². The molecule has 0 spiro atoms. The molecule has 4 atom stereocenters. The Morgan fingerprint density at radius 2 is 1.43 bits per heavy atom. The fourth-order valence-electron chi connectivity index (χ4n) is 5.27. The van der Waals surface area contributed by atoms with Crippen LogP contribution in [0, 0.1) is 3.57 Å². The molecule has 1 aromatic heterocycles. The number of aliphatic hydroxyl groups excluding tert-OH is 1. The Kier molecular flexibility index (Phi) is 9.13. The smallest absolute Gasteiger partial charge is 0.330 e. The number of methoxy groups -OCH3 is 3. The largest absolute Gasteiger partial charge is 0.497 e. The normalized spacial score (nSPS) is 20.4. The zero-order valence-corrected chi connectivity index (χ0v) is 25.4. The highest BCUT2D eigenvalue weighted by Crippen LogP contribution is 2.43. The molecule has 1 saturated heterocycles. The molecular weight excluding hydrogens is 655 g/mol. The van der Waals surface area contributed by atoms with Crippen molar-refractivity contribution in [2.75, 3.05) is 27.9 Å². The van der Waals surface area contributed by atoms with Crippen LogP contribution in [0.5, 0.6) is 11.5 Å². The van der Waals surface area contributed by atoms with Gasteiger partial charge in [0.2, 0.25) is 0 Å². The third kappa shape index (κ3) is 5.62. The van der Waals surface area contributed by atoms with Gasteiger partial charge in [-0.25, -0.2) is 4.79 Å². The van der Waals surface area contributed by atoms with E-state index in [-0.39, 0.29) is 6.61 Å². The number of nitrogens with one attached hydrogen (secondary N) is 1. The van der Waals surface area contributed by atoms with Crippen molar-refractivity contribution in [3.05, 3.63) is 126 Å². The summed E-state index contributed by atoms with van der Waals surface area (Å²) in [6, 6.07) is 24.9. The van der Waals surface area contributed by atoms with Gasteiger partial charge < -0.3 is 28.8 Å². The maximum atomic E-state index is 12.7. The monoisotopic (exact) mass is 686 g/mol. The average Bonchev–Trinajstić information content (AvgIpc) is 3.34. The van der Waals surface area contributed by atoms with Crippen LogP contribution in [0.3, 0.4) is 0 Å². The van der Waals surface area contributed by atoms with Crippen LogP contribution in [0.25, 0.3) is 0 Å². The molecule has 11 heteroatoms. The summed E-state index contributed by atoms with van der Waals surface area (Å²) >= 11 is 1.83. The first-order valence-corrected chi connectivity index (χ1v) is 14.3. The number of halogens is 1. The van der Waals surface area contributed by atoms with Crippen molar-refractivity contribution in [1.29, 1.82) is 0 Å². The molecule has 2 heterocycles. The van der Waals surface area contributed by atoms with Gasteiger partial charge in [0.05, 0.1) is 24.4 Å². The lowest BCUT2D eigenvalue weighted by Crippen LogP contribution is -2.40. The molecule has 3 aromatic carbocycles. The van der Waals surface area contributed by atoms with Gasteiger partial charge in [0.25, 0.3) is 5.56 Å². The quantitative estimate of drug-likeness (QED) is 0.193. The summed E-state index contributed by atoms with van der Waals surface area (Å²) in [4.78, 5) is 26.9. The molecule has 0 bridgehead atoms. The van der Waals surface area contributed by atoms with Gasteiger partial charge in [0.15, 0.2) is 6.23 Å². The van der Waals surface area contributed by atoms with Crippen LogP contribution in [0.2, 0.25) is 0 Å². The number of rotatable bonds is 10.